The van der Waals surface area contributed by atoms with E-state index in [9.17, 15) is 14.7 Å². The summed E-state index contributed by atoms with van der Waals surface area (Å²) in [6.07, 6.45) is 1.82. The predicted octanol–water partition coefficient (Wildman–Crippen LogP) is 2.36. The molecule has 3 unspecified atom stereocenters. The fourth-order valence-electron chi connectivity index (χ4n) is 7.28. The Morgan fingerprint density at radius 2 is 1.88 bits per heavy atom. The molecule has 0 amide bonds. The second-order valence-corrected chi connectivity index (χ2v) is 9.30. The Balaban J connectivity index is 1.63. The lowest BCUT2D eigenvalue weighted by molar-refractivity contribution is -0.238. The van der Waals surface area contributed by atoms with Crippen LogP contribution in [0.4, 0.5) is 4.39 Å². The number of ether oxygens (including phenoxy) is 1. The zero-order chi connectivity index (χ0) is 17.1. The molecule has 4 saturated carbocycles. The molecular formula is C19H25FO4. The summed E-state index contributed by atoms with van der Waals surface area (Å²) in [6, 6.07) is 0. The first-order chi connectivity index (χ1) is 11.2. The Morgan fingerprint density at radius 3 is 2.62 bits per heavy atom. The lowest BCUT2D eigenvalue weighted by Crippen LogP contribution is -2.72. The highest BCUT2D eigenvalue weighted by molar-refractivity contribution is 5.89. The van der Waals surface area contributed by atoms with E-state index in [-0.39, 0.29) is 29.8 Å². The van der Waals surface area contributed by atoms with Gasteiger partial charge in [-0.1, -0.05) is 13.8 Å². The Morgan fingerprint density at radius 1 is 1.12 bits per heavy atom. The van der Waals surface area contributed by atoms with Crippen LogP contribution in [0.5, 0.6) is 0 Å². The van der Waals surface area contributed by atoms with Crippen molar-refractivity contribution in [2.75, 3.05) is 0 Å². The molecule has 5 aliphatic rings. The predicted molar refractivity (Wildman–Crippen MR) is 83.0 cm³/mol. The van der Waals surface area contributed by atoms with Crippen LogP contribution in [0.2, 0.25) is 0 Å². The number of carbonyl (C=O) groups is 2. The molecule has 0 bridgehead atoms. The van der Waals surface area contributed by atoms with E-state index in [2.05, 4.69) is 0 Å². The van der Waals surface area contributed by atoms with E-state index in [1.54, 1.807) is 0 Å². The minimum absolute atomic E-state index is 0.00223. The number of alkyl halides is 1. The summed E-state index contributed by atoms with van der Waals surface area (Å²) in [5.74, 6) is -0.0482. The SMILES string of the molecule is C[C@]12CCC(=O)C3OC31CC[C@H]1[C@@H]3CCC(=O)[C@@]3(C)CC(O)[C@]12F. The minimum atomic E-state index is -1.77. The quantitative estimate of drug-likeness (QED) is 0.690. The fraction of sp³-hybridized carbons (Fsp3) is 0.895. The fourth-order valence-corrected chi connectivity index (χ4v) is 7.28. The molecule has 5 fully saturated rings. The van der Waals surface area contributed by atoms with Crippen molar-refractivity contribution in [1.82, 2.24) is 0 Å². The van der Waals surface area contributed by atoms with Crippen molar-refractivity contribution in [3.63, 3.8) is 0 Å². The number of rotatable bonds is 0. The summed E-state index contributed by atoms with van der Waals surface area (Å²) in [5.41, 5.74) is -3.91. The number of aliphatic hydroxyl groups is 1. The summed E-state index contributed by atoms with van der Waals surface area (Å²) in [4.78, 5) is 24.5. The minimum Gasteiger partial charge on any atom is -0.390 e. The molecule has 0 aromatic heterocycles. The van der Waals surface area contributed by atoms with Crippen LogP contribution in [-0.2, 0) is 14.3 Å². The van der Waals surface area contributed by atoms with Crippen LogP contribution < -0.4 is 0 Å². The second-order valence-electron chi connectivity index (χ2n) is 9.30. The van der Waals surface area contributed by atoms with Gasteiger partial charge < -0.3 is 9.84 Å². The van der Waals surface area contributed by atoms with E-state index in [0.29, 0.717) is 32.1 Å². The molecule has 132 valence electrons. The Kier molecular flexibility index (Phi) is 2.65. The largest absolute Gasteiger partial charge is 0.390 e. The smallest absolute Gasteiger partial charge is 0.164 e. The van der Waals surface area contributed by atoms with E-state index in [4.69, 9.17) is 4.74 Å². The van der Waals surface area contributed by atoms with Gasteiger partial charge in [0, 0.05) is 29.6 Å². The number of hydrogen-bond donors (Lipinski definition) is 1. The topological polar surface area (TPSA) is 66.9 Å². The maximum Gasteiger partial charge on any atom is 0.164 e. The van der Waals surface area contributed by atoms with Crippen LogP contribution in [0.25, 0.3) is 0 Å². The lowest BCUT2D eigenvalue weighted by atomic mass is 9.42. The van der Waals surface area contributed by atoms with Gasteiger partial charge >= 0.3 is 0 Å². The first-order valence-electron chi connectivity index (χ1n) is 9.31. The Bertz CT molecular complexity index is 664. The third-order valence-corrected chi connectivity index (χ3v) is 8.73. The summed E-state index contributed by atoms with van der Waals surface area (Å²) in [7, 11) is 0. The summed E-state index contributed by atoms with van der Waals surface area (Å²) < 4.78 is 22.6. The number of epoxide rings is 1. The van der Waals surface area contributed by atoms with Gasteiger partial charge in [-0.25, -0.2) is 4.39 Å². The number of Topliss-reactive ketones (excluding diaryl/α,β-unsaturated/α-hetero) is 2. The molecule has 5 rings (SSSR count). The maximum absolute atomic E-state index is 16.7. The summed E-state index contributed by atoms with van der Waals surface area (Å²) >= 11 is 0. The third-order valence-electron chi connectivity index (χ3n) is 8.73. The monoisotopic (exact) mass is 336 g/mol. The number of carbonyl (C=O) groups excluding carboxylic acids is 2. The van der Waals surface area contributed by atoms with E-state index in [1.165, 1.54) is 0 Å². The molecule has 1 spiro atoms. The number of hydrogen-bond acceptors (Lipinski definition) is 4. The van der Waals surface area contributed by atoms with Crippen molar-refractivity contribution >= 4 is 11.6 Å². The molecular weight excluding hydrogens is 311 g/mol. The van der Waals surface area contributed by atoms with Crippen molar-refractivity contribution < 1.29 is 23.8 Å². The Labute approximate surface area is 141 Å². The number of fused-ring (bicyclic) bond motifs is 4. The molecule has 24 heavy (non-hydrogen) atoms. The first kappa shape index (κ1) is 15.4. The second kappa shape index (κ2) is 4.12. The zero-order valence-corrected chi connectivity index (χ0v) is 14.3. The first-order valence-corrected chi connectivity index (χ1v) is 9.31. The molecule has 1 saturated heterocycles. The van der Waals surface area contributed by atoms with E-state index in [0.717, 1.165) is 6.42 Å². The molecule has 1 aliphatic heterocycles. The van der Waals surface area contributed by atoms with E-state index in [1.807, 2.05) is 13.8 Å². The van der Waals surface area contributed by atoms with Crippen molar-refractivity contribution in [3.05, 3.63) is 0 Å². The van der Waals surface area contributed by atoms with Crippen molar-refractivity contribution in [1.29, 1.82) is 0 Å². The molecule has 5 heteroatoms. The normalized spacial score (nSPS) is 61.7. The van der Waals surface area contributed by atoms with Crippen LogP contribution in [-0.4, -0.2) is 40.2 Å². The van der Waals surface area contributed by atoms with Crippen LogP contribution in [0.15, 0.2) is 0 Å². The van der Waals surface area contributed by atoms with Crippen molar-refractivity contribution in [3.8, 4) is 0 Å². The van der Waals surface area contributed by atoms with Gasteiger partial charge in [0.1, 0.15) is 23.2 Å². The number of ketones is 2. The van der Waals surface area contributed by atoms with Crippen LogP contribution in [0.3, 0.4) is 0 Å². The van der Waals surface area contributed by atoms with Crippen LogP contribution in [0, 0.1) is 22.7 Å². The summed E-state index contributed by atoms with van der Waals surface area (Å²) in [5, 5.41) is 10.9. The molecule has 0 aromatic rings. The van der Waals surface area contributed by atoms with Crippen molar-refractivity contribution in [2.24, 2.45) is 22.7 Å². The number of aliphatic hydroxyl groups excluding tert-OH is 1. The van der Waals surface area contributed by atoms with Gasteiger partial charge in [0.05, 0.1) is 6.10 Å². The van der Waals surface area contributed by atoms with Gasteiger partial charge in [0.15, 0.2) is 5.78 Å². The summed E-state index contributed by atoms with van der Waals surface area (Å²) in [6.45, 7) is 3.80. The molecule has 1 N–H and O–H groups in total. The molecule has 0 radical (unpaired) electrons. The zero-order valence-electron chi connectivity index (χ0n) is 14.3. The number of halogens is 1. The van der Waals surface area contributed by atoms with Gasteiger partial charge in [-0.05, 0) is 38.0 Å². The van der Waals surface area contributed by atoms with Gasteiger partial charge in [-0.2, -0.15) is 0 Å². The molecule has 0 aromatic carbocycles. The third kappa shape index (κ3) is 1.34. The van der Waals surface area contributed by atoms with Gasteiger partial charge in [-0.15, -0.1) is 0 Å². The van der Waals surface area contributed by atoms with Crippen molar-refractivity contribution in [2.45, 2.75) is 82.3 Å². The maximum atomic E-state index is 16.7. The standard InChI is InChI=1S/C19H25FO4/c1-16-9-14(23)19(20)11(10(16)3-4-13(16)22)5-8-18-15(24-18)12(21)6-7-17(18,19)2/h10-11,14-15,23H,3-9H2,1-2H3/t10-,11-,14?,15?,16-,17-,18?,19+/m0/s1. The lowest BCUT2D eigenvalue weighted by Gasteiger charge is -2.63. The molecule has 8 atom stereocenters. The average molecular weight is 336 g/mol. The highest BCUT2D eigenvalue weighted by atomic mass is 19.1. The van der Waals surface area contributed by atoms with Gasteiger partial charge in [0.25, 0.3) is 0 Å². The highest BCUT2D eigenvalue weighted by Crippen LogP contribution is 2.74. The molecule has 4 nitrogen and oxygen atoms in total. The van der Waals surface area contributed by atoms with Crippen LogP contribution >= 0.6 is 0 Å². The van der Waals surface area contributed by atoms with E-state index >= 15 is 4.39 Å². The van der Waals surface area contributed by atoms with E-state index < -0.39 is 34.3 Å². The van der Waals surface area contributed by atoms with Gasteiger partial charge in [-0.3, -0.25) is 9.59 Å². The molecule has 1 heterocycles. The van der Waals surface area contributed by atoms with Gasteiger partial charge in [0.2, 0.25) is 0 Å². The van der Waals surface area contributed by atoms with Crippen LogP contribution in [0.1, 0.15) is 58.8 Å². The highest BCUT2D eigenvalue weighted by Gasteiger charge is 2.83. The Hall–Kier alpha value is -0.810. The average Bonchev–Trinajstić information content (AvgIpc) is 3.21. The molecule has 4 aliphatic carbocycles.